The van der Waals surface area contributed by atoms with Gasteiger partial charge in [-0.3, -0.25) is 9.59 Å². The van der Waals surface area contributed by atoms with Gasteiger partial charge >= 0.3 is 0 Å². The third kappa shape index (κ3) is 7.45. The van der Waals surface area contributed by atoms with Crippen molar-refractivity contribution in [1.29, 1.82) is 0 Å². The van der Waals surface area contributed by atoms with Crippen LogP contribution in [0.25, 0.3) is 21.6 Å². The highest BCUT2D eigenvalue weighted by Gasteiger charge is 2.40. The van der Waals surface area contributed by atoms with Gasteiger partial charge < -0.3 is 15.0 Å². The summed E-state index contributed by atoms with van der Waals surface area (Å²) in [5, 5.41) is 6.94. The predicted octanol–water partition coefficient (Wildman–Crippen LogP) is 6.46. The van der Waals surface area contributed by atoms with Gasteiger partial charge in [-0.05, 0) is 93.7 Å². The van der Waals surface area contributed by atoms with E-state index in [2.05, 4.69) is 61.3 Å². The minimum atomic E-state index is -0.0764. The van der Waals surface area contributed by atoms with Crippen LogP contribution < -0.4 is 10.1 Å². The molecule has 2 aromatic heterocycles. The molecule has 2 saturated carbocycles. The first-order valence-electron chi connectivity index (χ1n) is 15.4. The fourth-order valence-electron chi connectivity index (χ4n) is 5.93. The number of thiazole rings is 1. The predicted molar refractivity (Wildman–Crippen MR) is 173 cm³/mol. The number of nitrogens with zero attached hydrogens (tertiary/aromatic N) is 3. The molecule has 0 spiro atoms. The standard InChI is InChI=1S/C35H42N4O3S/c1-6-26-20-43-35(36-26)31-19-32(28-15-13-22(2)24(4)33(28)37-31)42-27-14-12-23(3)29(18-27)34(41)38-30-17-25(30)11-9-7-8-10-16-39(5)21-40/h1,9,11,13,15,19-21,23,25,27,29-30H,7-8,10,12,14,16-18H2,2-5H3,(H,38,41)/b11-9-/t23-,25-,27+,29?,30?/m1/s1. The molecule has 0 saturated heterocycles. The molecule has 5 rings (SSSR count). The number of aromatic nitrogens is 2. The zero-order valence-electron chi connectivity index (χ0n) is 25.6. The molecule has 8 heteroatoms. The van der Waals surface area contributed by atoms with Crippen LogP contribution in [-0.4, -0.2) is 52.9 Å². The van der Waals surface area contributed by atoms with Gasteiger partial charge in [0.15, 0.2) is 0 Å². The van der Waals surface area contributed by atoms with Crippen LogP contribution in [0.3, 0.4) is 0 Å². The molecule has 2 fully saturated rings. The van der Waals surface area contributed by atoms with E-state index in [9.17, 15) is 9.59 Å². The van der Waals surface area contributed by atoms with Crippen LogP contribution in [0, 0.1) is 43.9 Å². The van der Waals surface area contributed by atoms with Gasteiger partial charge in [0.2, 0.25) is 12.3 Å². The number of hydrogen-bond donors (Lipinski definition) is 1. The number of terminal acetylenes is 1. The van der Waals surface area contributed by atoms with E-state index < -0.39 is 0 Å². The molecule has 1 N–H and O–H groups in total. The van der Waals surface area contributed by atoms with E-state index in [0.717, 1.165) is 84.4 Å². The van der Waals surface area contributed by atoms with Gasteiger partial charge in [-0.15, -0.1) is 17.8 Å². The molecule has 2 aliphatic rings. The Kier molecular flexibility index (Phi) is 9.82. The van der Waals surface area contributed by atoms with Crippen LogP contribution in [0.4, 0.5) is 0 Å². The second kappa shape index (κ2) is 13.7. The molecule has 1 aromatic carbocycles. The zero-order valence-corrected chi connectivity index (χ0v) is 26.5. The number of allylic oxidation sites excluding steroid dienone is 1. The zero-order chi connectivity index (χ0) is 30.5. The number of benzene rings is 1. The summed E-state index contributed by atoms with van der Waals surface area (Å²) < 4.78 is 6.72. The number of hydrogen-bond acceptors (Lipinski definition) is 6. The Morgan fingerprint density at radius 2 is 2.07 bits per heavy atom. The van der Waals surface area contributed by atoms with Crippen LogP contribution in [0.5, 0.6) is 5.75 Å². The second-order valence-electron chi connectivity index (χ2n) is 12.3. The van der Waals surface area contributed by atoms with Crippen molar-refractivity contribution in [2.24, 2.45) is 17.8 Å². The molecule has 0 radical (unpaired) electrons. The summed E-state index contributed by atoms with van der Waals surface area (Å²) >= 11 is 1.48. The summed E-state index contributed by atoms with van der Waals surface area (Å²) in [4.78, 5) is 35.3. The second-order valence-corrected chi connectivity index (χ2v) is 13.1. The van der Waals surface area contributed by atoms with Crippen LogP contribution in [0.2, 0.25) is 0 Å². The van der Waals surface area contributed by atoms with Gasteiger partial charge in [-0.2, -0.15) is 0 Å². The molecular weight excluding hydrogens is 556 g/mol. The fraction of sp³-hybridized carbons (Fsp3) is 0.486. The van der Waals surface area contributed by atoms with E-state index in [0.29, 0.717) is 24.0 Å². The first kappa shape index (κ1) is 30.7. The maximum atomic E-state index is 13.4. The summed E-state index contributed by atoms with van der Waals surface area (Å²) in [6, 6.07) is 6.39. The summed E-state index contributed by atoms with van der Waals surface area (Å²) in [6.07, 6.45) is 17.5. The topological polar surface area (TPSA) is 84.4 Å². The number of aryl methyl sites for hydroxylation is 2. The van der Waals surface area contributed by atoms with Crippen molar-refractivity contribution < 1.29 is 14.3 Å². The number of carbonyl (C=O) groups excluding carboxylic acids is 2. The average Bonchev–Trinajstić information content (AvgIpc) is 3.55. The molecule has 2 aliphatic carbocycles. The largest absolute Gasteiger partial charge is 0.490 e. The number of ether oxygens (including phenoxy) is 1. The van der Waals surface area contributed by atoms with Crippen LogP contribution >= 0.6 is 11.3 Å². The van der Waals surface area contributed by atoms with Gasteiger partial charge in [0.25, 0.3) is 0 Å². The van der Waals surface area contributed by atoms with E-state index in [1.54, 1.807) is 11.9 Å². The summed E-state index contributed by atoms with van der Waals surface area (Å²) in [7, 11) is 1.81. The minimum Gasteiger partial charge on any atom is -0.490 e. The average molecular weight is 599 g/mol. The molecule has 2 amide bonds. The highest BCUT2D eigenvalue weighted by Crippen LogP contribution is 2.39. The van der Waals surface area contributed by atoms with Crippen molar-refractivity contribution in [2.45, 2.75) is 77.9 Å². The van der Waals surface area contributed by atoms with Gasteiger partial charge in [0, 0.05) is 42.4 Å². The van der Waals surface area contributed by atoms with Gasteiger partial charge in [-0.25, -0.2) is 9.97 Å². The van der Waals surface area contributed by atoms with Crippen LogP contribution in [-0.2, 0) is 9.59 Å². The molecule has 5 atom stereocenters. The monoisotopic (exact) mass is 598 g/mol. The Labute approximate surface area is 259 Å². The van der Waals surface area contributed by atoms with Crippen LogP contribution in [0.15, 0.2) is 35.7 Å². The Hall–Kier alpha value is -3.70. The number of amides is 2. The normalized spacial score (nSPS) is 23.2. The number of rotatable bonds is 12. The van der Waals surface area contributed by atoms with Crippen molar-refractivity contribution in [3.8, 4) is 28.8 Å². The van der Waals surface area contributed by atoms with Crippen molar-refractivity contribution in [3.63, 3.8) is 0 Å². The molecule has 0 aliphatic heterocycles. The Balaban J connectivity index is 1.22. The molecular formula is C35H42N4O3S. The lowest BCUT2D eigenvalue weighted by molar-refractivity contribution is -0.129. The van der Waals surface area contributed by atoms with E-state index in [4.69, 9.17) is 16.1 Å². The smallest absolute Gasteiger partial charge is 0.223 e. The Morgan fingerprint density at radius 1 is 1.23 bits per heavy atom. The summed E-state index contributed by atoms with van der Waals surface area (Å²) in [5.41, 5.74) is 4.55. The van der Waals surface area contributed by atoms with Crippen LogP contribution in [0.1, 0.15) is 68.7 Å². The highest BCUT2D eigenvalue weighted by molar-refractivity contribution is 7.13. The number of nitrogens with one attached hydrogen (secondary N) is 1. The maximum absolute atomic E-state index is 13.4. The third-order valence-electron chi connectivity index (χ3n) is 8.98. The first-order valence-corrected chi connectivity index (χ1v) is 16.3. The summed E-state index contributed by atoms with van der Waals surface area (Å²) in [5.74, 6) is 4.19. The third-order valence-corrected chi connectivity index (χ3v) is 9.84. The van der Waals surface area contributed by atoms with E-state index in [1.165, 1.54) is 16.9 Å². The van der Waals surface area contributed by atoms with Crippen molar-refractivity contribution in [1.82, 2.24) is 20.2 Å². The molecule has 3 aromatic rings. The molecule has 2 heterocycles. The van der Waals surface area contributed by atoms with Gasteiger partial charge in [0.05, 0.1) is 11.6 Å². The number of carbonyl (C=O) groups is 2. The van der Waals surface area contributed by atoms with E-state index in [1.807, 2.05) is 11.4 Å². The van der Waals surface area contributed by atoms with Crippen molar-refractivity contribution >= 4 is 34.6 Å². The minimum absolute atomic E-state index is 0.0577. The van der Waals surface area contributed by atoms with Gasteiger partial charge in [-0.1, -0.05) is 25.1 Å². The number of unbranched alkanes of at least 4 members (excludes halogenated alkanes) is 2. The van der Waals surface area contributed by atoms with E-state index >= 15 is 0 Å². The SMILES string of the molecule is C#Cc1csc(-c2cc(O[C@H]3CC[C@@H](C)C(C(=O)NC4C[C@H]4/C=C\CCCCN(C)C=O)C3)c3ccc(C)c(C)c3n2)n1. The lowest BCUT2D eigenvalue weighted by atomic mass is 9.78. The maximum Gasteiger partial charge on any atom is 0.223 e. The summed E-state index contributed by atoms with van der Waals surface area (Å²) in [6.45, 7) is 7.16. The molecule has 43 heavy (non-hydrogen) atoms. The number of fused-ring (bicyclic) bond motifs is 1. The fourth-order valence-corrected chi connectivity index (χ4v) is 6.65. The lowest BCUT2D eigenvalue weighted by Crippen LogP contribution is -2.41. The quantitative estimate of drug-likeness (QED) is 0.112. The Bertz CT molecular complexity index is 1540. The number of pyridine rings is 1. The highest BCUT2D eigenvalue weighted by atomic mass is 32.1. The lowest BCUT2D eigenvalue weighted by Gasteiger charge is -2.34. The molecule has 0 bridgehead atoms. The van der Waals surface area contributed by atoms with Crippen molar-refractivity contribution in [2.75, 3.05) is 13.6 Å². The molecule has 2 unspecified atom stereocenters. The molecule has 226 valence electrons. The first-order chi connectivity index (χ1) is 20.8. The van der Waals surface area contributed by atoms with Gasteiger partial charge in [0.1, 0.15) is 22.1 Å². The molecule has 7 nitrogen and oxygen atoms in total. The Morgan fingerprint density at radius 3 is 2.84 bits per heavy atom. The van der Waals surface area contributed by atoms with E-state index in [-0.39, 0.29) is 24.0 Å². The van der Waals surface area contributed by atoms with Crippen molar-refractivity contribution in [3.05, 3.63) is 52.6 Å².